The van der Waals surface area contributed by atoms with E-state index in [1.807, 2.05) is 24.3 Å². The van der Waals surface area contributed by atoms with Crippen LogP contribution < -0.4 is 0 Å². The van der Waals surface area contributed by atoms with E-state index < -0.39 is 0 Å². The quantitative estimate of drug-likeness (QED) is 0.691. The second kappa shape index (κ2) is 4.39. The summed E-state index contributed by atoms with van der Waals surface area (Å²) in [5, 5.41) is 0. The third kappa shape index (κ3) is 2.14. The number of carbonyl (C=O) groups excluding carboxylic acids is 2. The van der Waals surface area contributed by atoms with E-state index in [1.165, 1.54) is 0 Å². The van der Waals surface area contributed by atoms with Crippen LogP contribution in [-0.2, 0) is 4.79 Å². The molecule has 1 aliphatic rings. The molecule has 0 spiro atoms. The number of rotatable bonds is 2. The van der Waals surface area contributed by atoms with Crippen molar-refractivity contribution in [1.29, 1.82) is 0 Å². The molecule has 78 valence electrons. The van der Waals surface area contributed by atoms with Crippen molar-refractivity contribution in [2.75, 3.05) is 0 Å². The molecule has 0 heterocycles. The number of carbonyl (C=O) groups is 2. The number of aldehydes is 1. The van der Waals surface area contributed by atoms with E-state index in [1.54, 1.807) is 0 Å². The topological polar surface area (TPSA) is 34.1 Å². The molecule has 1 aromatic rings. The Kier molecular flexibility index (Phi) is 2.95. The number of hydrogen-bond donors (Lipinski definition) is 0. The van der Waals surface area contributed by atoms with Gasteiger partial charge in [-0.3, -0.25) is 9.59 Å². The molecule has 2 rings (SSSR count). The first-order valence-corrected chi connectivity index (χ1v) is 5.37. The number of hydrogen-bond acceptors (Lipinski definition) is 2. The van der Waals surface area contributed by atoms with Crippen LogP contribution in [0.1, 0.15) is 47.5 Å². The average Bonchev–Trinajstić information content (AvgIpc) is 2.29. The van der Waals surface area contributed by atoms with Crippen LogP contribution in [0.3, 0.4) is 0 Å². The summed E-state index contributed by atoms with van der Waals surface area (Å²) in [5.41, 5.74) is 1.78. The Bertz CT molecular complexity index is 382. The highest BCUT2D eigenvalue weighted by molar-refractivity contribution is 5.82. The predicted molar refractivity (Wildman–Crippen MR) is 58.0 cm³/mol. The van der Waals surface area contributed by atoms with Gasteiger partial charge in [0.05, 0.1) is 0 Å². The van der Waals surface area contributed by atoms with Crippen LogP contribution in [-0.4, -0.2) is 12.1 Å². The molecule has 1 aliphatic carbocycles. The Hall–Kier alpha value is -1.44. The molecule has 0 aliphatic heterocycles. The van der Waals surface area contributed by atoms with Gasteiger partial charge in [-0.15, -0.1) is 0 Å². The van der Waals surface area contributed by atoms with Crippen molar-refractivity contribution < 1.29 is 9.59 Å². The molecule has 0 saturated heterocycles. The minimum atomic E-state index is 0.257. The highest BCUT2D eigenvalue weighted by atomic mass is 16.1. The van der Waals surface area contributed by atoms with Crippen LogP contribution in [0.4, 0.5) is 0 Å². The molecule has 1 unspecified atom stereocenters. The molecule has 1 saturated carbocycles. The summed E-state index contributed by atoms with van der Waals surface area (Å²) in [7, 11) is 0. The van der Waals surface area contributed by atoms with Gasteiger partial charge in [-0.05, 0) is 24.3 Å². The zero-order valence-corrected chi connectivity index (χ0v) is 8.61. The maximum atomic E-state index is 11.4. The van der Waals surface area contributed by atoms with Gasteiger partial charge in [-0.25, -0.2) is 0 Å². The standard InChI is InChI=1S/C13H14O2/c14-9-11-4-1-2-7-13(11)10-5-3-6-12(15)8-10/h1-2,4,7,9-10H,3,5-6,8H2. The first-order chi connectivity index (χ1) is 7.31. The van der Waals surface area contributed by atoms with Crippen LogP contribution in [0.15, 0.2) is 24.3 Å². The molecule has 2 heteroatoms. The van der Waals surface area contributed by atoms with Crippen molar-refractivity contribution in [1.82, 2.24) is 0 Å². The van der Waals surface area contributed by atoms with Crippen LogP contribution in [0.5, 0.6) is 0 Å². The minimum Gasteiger partial charge on any atom is -0.300 e. The highest BCUT2D eigenvalue weighted by Crippen LogP contribution is 2.32. The second-order valence-corrected chi connectivity index (χ2v) is 4.08. The van der Waals surface area contributed by atoms with Crippen molar-refractivity contribution in [2.24, 2.45) is 0 Å². The predicted octanol–water partition coefficient (Wildman–Crippen LogP) is 2.73. The Labute approximate surface area is 89.3 Å². The van der Waals surface area contributed by atoms with E-state index in [2.05, 4.69) is 0 Å². The molecule has 1 fully saturated rings. The van der Waals surface area contributed by atoms with Crippen molar-refractivity contribution >= 4 is 12.1 Å². The largest absolute Gasteiger partial charge is 0.300 e. The first-order valence-electron chi connectivity index (χ1n) is 5.37. The third-order valence-corrected chi connectivity index (χ3v) is 3.05. The molecule has 2 nitrogen and oxygen atoms in total. The Morgan fingerprint density at radius 3 is 2.80 bits per heavy atom. The summed E-state index contributed by atoms with van der Waals surface area (Å²) in [6.45, 7) is 0. The van der Waals surface area contributed by atoms with E-state index in [0.29, 0.717) is 18.6 Å². The lowest BCUT2D eigenvalue weighted by Gasteiger charge is -2.22. The molecule has 1 aromatic carbocycles. The normalized spacial score (nSPS) is 21.3. The number of ketones is 1. The molecular formula is C13H14O2. The van der Waals surface area contributed by atoms with Crippen LogP contribution in [0, 0.1) is 0 Å². The van der Waals surface area contributed by atoms with Crippen molar-refractivity contribution in [3.05, 3.63) is 35.4 Å². The zero-order valence-electron chi connectivity index (χ0n) is 8.61. The van der Waals surface area contributed by atoms with E-state index >= 15 is 0 Å². The Balaban J connectivity index is 2.27. The van der Waals surface area contributed by atoms with Gasteiger partial charge in [-0.2, -0.15) is 0 Å². The lowest BCUT2D eigenvalue weighted by atomic mass is 9.82. The monoisotopic (exact) mass is 202 g/mol. The van der Waals surface area contributed by atoms with Gasteiger partial charge >= 0.3 is 0 Å². The molecule has 15 heavy (non-hydrogen) atoms. The SMILES string of the molecule is O=Cc1ccccc1C1CCCC(=O)C1. The highest BCUT2D eigenvalue weighted by Gasteiger charge is 2.22. The van der Waals surface area contributed by atoms with Gasteiger partial charge in [0.15, 0.2) is 0 Å². The third-order valence-electron chi connectivity index (χ3n) is 3.05. The molecule has 0 N–H and O–H groups in total. The molecule has 0 bridgehead atoms. The summed E-state index contributed by atoms with van der Waals surface area (Å²) < 4.78 is 0. The lowest BCUT2D eigenvalue weighted by Crippen LogP contribution is -2.14. The van der Waals surface area contributed by atoms with Gasteiger partial charge in [0.2, 0.25) is 0 Å². The van der Waals surface area contributed by atoms with E-state index in [9.17, 15) is 9.59 Å². The fraction of sp³-hybridized carbons (Fsp3) is 0.385. The molecule has 0 radical (unpaired) electrons. The summed E-state index contributed by atoms with van der Waals surface area (Å²) in [6.07, 6.45) is 4.17. The van der Waals surface area contributed by atoms with Crippen molar-refractivity contribution in [2.45, 2.75) is 31.6 Å². The van der Waals surface area contributed by atoms with Gasteiger partial charge in [0, 0.05) is 18.4 Å². The van der Waals surface area contributed by atoms with Gasteiger partial charge in [-0.1, -0.05) is 24.3 Å². The maximum absolute atomic E-state index is 11.4. The van der Waals surface area contributed by atoms with E-state index in [4.69, 9.17) is 0 Å². The number of benzene rings is 1. The average molecular weight is 202 g/mol. The Morgan fingerprint density at radius 2 is 2.07 bits per heavy atom. The summed E-state index contributed by atoms with van der Waals surface area (Å²) in [5.74, 6) is 0.583. The minimum absolute atomic E-state index is 0.257. The molecule has 1 atom stereocenters. The fourth-order valence-electron chi connectivity index (χ4n) is 2.28. The fourth-order valence-corrected chi connectivity index (χ4v) is 2.28. The Morgan fingerprint density at radius 1 is 1.27 bits per heavy atom. The number of Topliss-reactive ketones (excluding diaryl/α,β-unsaturated/α-hetero) is 1. The second-order valence-electron chi connectivity index (χ2n) is 4.08. The maximum Gasteiger partial charge on any atom is 0.150 e. The van der Waals surface area contributed by atoms with Gasteiger partial charge in [0.25, 0.3) is 0 Å². The van der Waals surface area contributed by atoms with Crippen molar-refractivity contribution in [3.8, 4) is 0 Å². The molecule has 0 amide bonds. The van der Waals surface area contributed by atoms with E-state index in [0.717, 1.165) is 30.3 Å². The molecular weight excluding hydrogens is 188 g/mol. The first kappa shape index (κ1) is 10.1. The zero-order chi connectivity index (χ0) is 10.7. The summed E-state index contributed by atoms with van der Waals surface area (Å²) >= 11 is 0. The van der Waals surface area contributed by atoms with E-state index in [-0.39, 0.29) is 5.92 Å². The van der Waals surface area contributed by atoms with Gasteiger partial charge < -0.3 is 0 Å². The van der Waals surface area contributed by atoms with Crippen LogP contribution >= 0.6 is 0 Å². The van der Waals surface area contributed by atoms with Crippen LogP contribution in [0.25, 0.3) is 0 Å². The summed E-state index contributed by atoms with van der Waals surface area (Å²) in [6, 6.07) is 7.58. The lowest BCUT2D eigenvalue weighted by molar-refractivity contribution is -0.120. The molecule has 0 aromatic heterocycles. The summed E-state index contributed by atoms with van der Waals surface area (Å²) in [4.78, 5) is 22.2. The van der Waals surface area contributed by atoms with Gasteiger partial charge in [0.1, 0.15) is 12.1 Å². The smallest absolute Gasteiger partial charge is 0.150 e. The van der Waals surface area contributed by atoms with Crippen LogP contribution in [0.2, 0.25) is 0 Å². The van der Waals surface area contributed by atoms with Crippen molar-refractivity contribution in [3.63, 3.8) is 0 Å².